The Morgan fingerprint density at radius 3 is 2.55 bits per heavy atom. The van der Waals surface area contributed by atoms with Crippen molar-refractivity contribution in [3.63, 3.8) is 0 Å². The molecule has 3 atom stereocenters. The van der Waals surface area contributed by atoms with E-state index in [2.05, 4.69) is 40.5 Å². The molecule has 4 heteroatoms. The number of carbonyl (C=O) groups excluding carboxylic acids is 1. The smallest absolute Gasteiger partial charge is 0.162 e. The second kappa shape index (κ2) is 9.53. The van der Waals surface area contributed by atoms with Gasteiger partial charge in [0, 0.05) is 36.3 Å². The Bertz CT molecular complexity index is 792. The summed E-state index contributed by atoms with van der Waals surface area (Å²) in [4.78, 5) is 15.0. The lowest BCUT2D eigenvalue weighted by Gasteiger charge is -2.48. The lowest BCUT2D eigenvalue weighted by Crippen LogP contribution is -2.54. The fourth-order valence-corrected chi connectivity index (χ4v) is 5.18. The third kappa shape index (κ3) is 5.05. The number of nitrogens with zero attached hydrogens (tertiary/aromatic N) is 1. The maximum atomic E-state index is 13.0. The summed E-state index contributed by atoms with van der Waals surface area (Å²) in [6, 6.07) is 17.6. The largest absolute Gasteiger partial charge is 0.382 e. The van der Waals surface area contributed by atoms with Crippen LogP contribution in [0.3, 0.4) is 0 Å². The van der Waals surface area contributed by atoms with E-state index in [1.807, 2.05) is 0 Å². The van der Waals surface area contributed by atoms with Crippen molar-refractivity contribution in [2.45, 2.75) is 57.0 Å². The van der Waals surface area contributed by atoms with Crippen molar-refractivity contribution in [3.05, 3.63) is 66.0 Å². The van der Waals surface area contributed by atoms with Gasteiger partial charge in [-0.2, -0.15) is 0 Å². The standard InChI is InChI=1S/C25H31FN2O/c26-20-14-12-19(13-15-20)25(29)11-6-17-28-18-16-23(22-9-4-5-10-24(22)28)27-21-7-2-1-3-8-21/h1-3,7-8,12-15,22-24,27H,4-6,9-11,16-18H2/t22-,23-,24?/m0/s1. The van der Waals surface area contributed by atoms with E-state index in [4.69, 9.17) is 0 Å². The number of ketones is 1. The predicted octanol–water partition coefficient (Wildman–Crippen LogP) is 5.53. The second-order valence-corrected chi connectivity index (χ2v) is 8.49. The molecule has 1 N–H and O–H groups in total. The Hall–Kier alpha value is -2.20. The molecule has 1 aliphatic carbocycles. The van der Waals surface area contributed by atoms with Crippen LogP contribution in [0.2, 0.25) is 0 Å². The number of rotatable bonds is 7. The minimum Gasteiger partial charge on any atom is -0.382 e. The molecular weight excluding hydrogens is 363 g/mol. The first-order valence-corrected chi connectivity index (χ1v) is 11.0. The molecule has 154 valence electrons. The number of piperidine rings is 1. The number of anilines is 1. The number of hydrogen-bond acceptors (Lipinski definition) is 3. The highest BCUT2D eigenvalue weighted by molar-refractivity contribution is 5.95. The first kappa shape index (κ1) is 20.1. The Morgan fingerprint density at radius 1 is 1.00 bits per heavy atom. The molecule has 0 radical (unpaired) electrons. The molecule has 1 heterocycles. The van der Waals surface area contributed by atoms with E-state index in [9.17, 15) is 9.18 Å². The highest BCUT2D eigenvalue weighted by Gasteiger charge is 2.39. The maximum absolute atomic E-state index is 13.0. The van der Waals surface area contributed by atoms with Gasteiger partial charge in [0.2, 0.25) is 0 Å². The normalized spacial score (nSPS) is 24.7. The quantitative estimate of drug-likeness (QED) is 0.626. The summed E-state index contributed by atoms with van der Waals surface area (Å²) in [7, 11) is 0. The lowest BCUT2D eigenvalue weighted by atomic mass is 9.75. The molecular formula is C25H31FN2O. The Kier molecular flexibility index (Phi) is 6.60. The van der Waals surface area contributed by atoms with E-state index in [0.717, 1.165) is 25.9 Å². The van der Waals surface area contributed by atoms with Crippen LogP contribution >= 0.6 is 0 Å². The van der Waals surface area contributed by atoms with Gasteiger partial charge in [0.1, 0.15) is 5.82 Å². The molecule has 2 fully saturated rings. The van der Waals surface area contributed by atoms with Crippen molar-refractivity contribution in [1.82, 2.24) is 4.90 Å². The van der Waals surface area contributed by atoms with E-state index in [-0.39, 0.29) is 11.6 Å². The molecule has 0 bridgehead atoms. The summed E-state index contributed by atoms with van der Waals surface area (Å²) in [6.45, 7) is 2.07. The molecule has 2 aliphatic rings. The zero-order valence-corrected chi connectivity index (χ0v) is 17.0. The summed E-state index contributed by atoms with van der Waals surface area (Å²) in [5, 5.41) is 3.79. The van der Waals surface area contributed by atoms with Crippen LogP contribution in [0.5, 0.6) is 0 Å². The van der Waals surface area contributed by atoms with Crippen LogP contribution in [0.1, 0.15) is 55.3 Å². The van der Waals surface area contributed by atoms with E-state index in [1.165, 1.54) is 43.5 Å². The highest BCUT2D eigenvalue weighted by atomic mass is 19.1. The monoisotopic (exact) mass is 394 g/mol. The molecule has 1 saturated heterocycles. The highest BCUT2D eigenvalue weighted by Crippen LogP contribution is 2.37. The number of carbonyl (C=O) groups is 1. The molecule has 0 aromatic heterocycles. The van der Waals surface area contributed by atoms with E-state index in [0.29, 0.717) is 30.0 Å². The number of hydrogen-bond donors (Lipinski definition) is 1. The maximum Gasteiger partial charge on any atom is 0.162 e. The van der Waals surface area contributed by atoms with Crippen LogP contribution in [0.15, 0.2) is 54.6 Å². The summed E-state index contributed by atoms with van der Waals surface area (Å²) in [5.74, 6) is 0.508. The average Bonchev–Trinajstić information content (AvgIpc) is 2.76. The molecule has 29 heavy (non-hydrogen) atoms. The van der Waals surface area contributed by atoms with Gasteiger partial charge in [0.25, 0.3) is 0 Å². The fourth-order valence-electron chi connectivity index (χ4n) is 5.18. The van der Waals surface area contributed by atoms with Crippen LogP contribution in [-0.2, 0) is 0 Å². The first-order valence-electron chi connectivity index (χ1n) is 11.0. The van der Waals surface area contributed by atoms with Gasteiger partial charge >= 0.3 is 0 Å². The number of para-hydroxylation sites is 1. The van der Waals surface area contributed by atoms with E-state index < -0.39 is 0 Å². The zero-order chi connectivity index (χ0) is 20.1. The molecule has 0 spiro atoms. The molecule has 1 unspecified atom stereocenters. The van der Waals surface area contributed by atoms with E-state index in [1.54, 1.807) is 12.1 Å². The molecule has 0 amide bonds. The van der Waals surface area contributed by atoms with Crippen molar-refractivity contribution < 1.29 is 9.18 Å². The lowest BCUT2D eigenvalue weighted by molar-refractivity contribution is 0.0504. The number of Topliss-reactive ketones (excluding diaryl/α,β-unsaturated/α-hetero) is 1. The Balaban J connectivity index is 1.32. The van der Waals surface area contributed by atoms with Gasteiger partial charge in [-0.05, 0) is 74.5 Å². The van der Waals surface area contributed by atoms with Crippen molar-refractivity contribution in [3.8, 4) is 0 Å². The topological polar surface area (TPSA) is 32.3 Å². The SMILES string of the molecule is O=C(CCCN1CC[C@H](Nc2ccccc2)[C@@H]2CCCCC21)c1ccc(F)cc1. The fraction of sp³-hybridized carbons (Fsp3) is 0.480. The molecule has 3 nitrogen and oxygen atoms in total. The molecule has 1 aliphatic heterocycles. The minimum absolute atomic E-state index is 0.117. The summed E-state index contributed by atoms with van der Waals surface area (Å²) in [5.41, 5.74) is 1.84. The van der Waals surface area contributed by atoms with Crippen LogP contribution in [0.4, 0.5) is 10.1 Å². The Labute approximate surface area is 173 Å². The molecule has 2 aromatic carbocycles. The first-order chi connectivity index (χ1) is 14.2. The zero-order valence-electron chi connectivity index (χ0n) is 17.0. The van der Waals surface area contributed by atoms with Crippen molar-refractivity contribution in [2.24, 2.45) is 5.92 Å². The predicted molar refractivity (Wildman–Crippen MR) is 116 cm³/mol. The number of likely N-dealkylation sites (tertiary alicyclic amines) is 1. The van der Waals surface area contributed by atoms with Crippen LogP contribution < -0.4 is 5.32 Å². The molecule has 4 rings (SSSR count). The van der Waals surface area contributed by atoms with Crippen LogP contribution in [-0.4, -0.2) is 35.9 Å². The molecule has 1 saturated carbocycles. The molecule has 2 aromatic rings. The van der Waals surface area contributed by atoms with Gasteiger partial charge in [-0.3, -0.25) is 9.69 Å². The van der Waals surface area contributed by atoms with Crippen LogP contribution in [0.25, 0.3) is 0 Å². The number of benzene rings is 2. The van der Waals surface area contributed by atoms with Gasteiger partial charge in [-0.25, -0.2) is 4.39 Å². The van der Waals surface area contributed by atoms with Gasteiger partial charge in [-0.1, -0.05) is 31.0 Å². The van der Waals surface area contributed by atoms with Gasteiger partial charge in [-0.15, -0.1) is 0 Å². The van der Waals surface area contributed by atoms with E-state index >= 15 is 0 Å². The Morgan fingerprint density at radius 2 is 1.76 bits per heavy atom. The van der Waals surface area contributed by atoms with Crippen molar-refractivity contribution >= 4 is 11.5 Å². The van der Waals surface area contributed by atoms with Gasteiger partial charge in [0.05, 0.1) is 0 Å². The average molecular weight is 395 g/mol. The minimum atomic E-state index is -0.295. The number of fused-ring (bicyclic) bond motifs is 1. The van der Waals surface area contributed by atoms with Gasteiger partial charge < -0.3 is 5.32 Å². The second-order valence-electron chi connectivity index (χ2n) is 8.49. The third-order valence-corrected chi connectivity index (χ3v) is 6.64. The summed E-state index contributed by atoms with van der Waals surface area (Å²) < 4.78 is 13.0. The van der Waals surface area contributed by atoms with Gasteiger partial charge in [0.15, 0.2) is 5.78 Å². The number of halogens is 1. The van der Waals surface area contributed by atoms with Crippen molar-refractivity contribution in [2.75, 3.05) is 18.4 Å². The number of nitrogens with one attached hydrogen (secondary N) is 1. The van der Waals surface area contributed by atoms with Crippen molar-refractivity contribution in [1.29, 1.82) is 0 Å². The summed E-state index contributed by atoms with van der Waals surface area (Å²) >= 11 is 0. The third-order valence-electron chi connectivity index (χ3n) is 6.64. The van der Waals surface area contributed by atoms with Crippen LogP contribution in [0, 0.1) is 11.7 Å². The summed E-state index contributed by atoms with van der Waals surface area (Å²) in [6.07, 6.45) is 7.75.